The summed E-state index contributed by atoms with van der Waals surface area (Å²) in [4.78, 5) is 12.2. The van der Waals surface area contributed by atoms with Crippen LogP contribution in [0, 0.1) is 11.3 Å². The minimum Gasteiger partial charge on any atom is -0.422 e. The average Bonchev–Trinajstić information content (AvgIpc) is 2.64. The minimum absolute atomic E-state index is 0.143. The SMILES string of the molecule is CCCCCCCCCCCCC(C)=C(C#N)C(=O)Oc1ccccc1. The summed E-state index contributed by atoms with van der Waals surface area (Å²) in [6, 6.07) is 10.9. The summed E-state index contributed by atoms with van der Waals surface area (Å²) in [6.07, 6.45) is 13.5. The predicted molar refractivity (Wildman–Crippen MR) is 107 cm³/mol. The number of hydrogen-bond acceptors (Lipinski definition) is 3. The van der Waals surface area contributed by atoms with E-state index in [-0.39, 0.29) is 5.57 Å². The number of allylic oxidation sites excluding steroid dienone is 1. The number of unbranched alkanes of at least 4 members (excludes halogenated alkanes) is 9. The van der Waals surface area contributed by atoms with E-state index in [1.807, 2.05) is 19.1 Å². The van der Waals surface area contributed by atoms with E-state index in [1.165, 1.54) is 51.4 Å². The second kappa shape index (κ2) is 14.1. The van der Waals surface area contributed by atoms with Gasteiger partial charge in [-0.3, -0.25) is 0 Å². The fourth-order valence-corrected chi connectivity index (χ4v) is 2.96. The van der Waals surface area contributed by atoms with E-state index in [0.29, 0.717) is 5.75 Å². The second-order valence-corrected chi connectivity index (χ2v) is 6.90. The molecule has 0 N–H and O–H groups in total. The van der Waals surface area contributed by atoms with Gasteiger partial charge in [0.2, 0.25) is 0 Å². The largest absolute Gasteiger partial charge is 0.422 e. The fourth-order valence-electron chi connectivity index (χ4n) is 2.96. The molecule has 0 aromatic heterocycles. The summed E-state index contributed by atoms with van der Waals surface area (Å²) >= 11 is 0. The highest BCUT2D eigenvalue weighted by Gasteiger charge is 2.15. The van der Waals surface area contributed by atoms with Crippen molar-refractivity contribution in [1.29, 1.82) is 5.26 Å². The van der Waals surface area contributed by atoms with E-state index in [2.05, 4.69) is 6.92 Å². The first-order chi connectivity index (χ1) is 12.7. The van der Waals surface area contributed by atoms with Crippen molar-refractivity contribution in [2.75, 3.05) is 0 Å². The Morgan fingerprint density at radius 1 is 0.923 bits per heavy atom. The summed E-state index contributed by atoms with van der Waals surface area (Å²) in [6.45, 7) is 4.11. The highest BCUT2D eigenvalue weighted by molar-refractivity contribution is 5.95. The molecule has 0 saturated heterocycles. The smallest absolute Gasteiger partial charge is 0.354 e. The lowest BCUT2D eigenvalue weighted by Gasteiger charge is -2.07. The first kappa shape index (κ1) is 22.0. The molecule has 0 aliphatic rings. The van der Waals surface area contributed by atoms with Crippen LogP contribution in [0.2, 0.25) is 0 Å². The van der Waals surface area contributed by atoms with Gasteiger partial charge in [0.1, 0.15) is 17.4 Å². The molecule has 0 amide bonds. The highest BCUT2D eigenvalue weighted by atomic mass is 16.5. The third-order valence-corrected chi connectivity index (χ3v) is 4.60. The standard InChI is InChI=1S/C23H33NO2/c1-3-4-5-6-7-8-9-10-11-13-16-20(2)22(19-24)23(25)26-21-17-14-12-15-18-21/h12,14-15,17-18H,3-11,13,16H2,1-2H3. The van der Waals surface area contributed by atoms with Crippen LogP contribution in [0.3, 0.4) is 0 Å². The number of benzene rings is 1. The zero-order chi connectivity index (χ0) is 19.0. The topological polar surface area (TPSA) is 50.1 Å². The van der Waals surface area contributed by atoms with Crippen molar-refractivity contribution >= 4 is 5.97 Å². The second-order valence-electron chi connectivity index (χ2n) is 6.90. The summed E-state index contributed by atoms with van der Waals surface area (Å²) in [5.41, 5.74) is 0.970. The number of nitrogens with zero attached hydrogens (tertiary/aromatic N) is 1. The number of para-hydroxylation sites is 1. The Kier molecular flexibility index (Phi) is 11.9. The molecule has 0 aliphatic heterocycles. The van der Waals surface area contributed by atoms with Crippen molar-refractivity contribution in [2.24, 2.45) is 0 Å². The minimum atomic E-state index is -0.553. The molecule has 0 saturated carbocycles. The third-order valence-electron chi connectivity index (χ3n) is 4.60. The molecule has 1 aromatic carbocycles. The zero-order valence-corrected chi connectivity index (χ0v) is 16.4. The number of ether oxygens (including phenoxy) is 1. The Morgan fingerprint density at radius 2 is 1.46 bits per heavy atom. The van der Waals surface area contributed by atoms with Crippen LogP contribution < -0.4 is 4.74 Å². The van der Waals surface area contributed by atoms with Crippen LogP contribution >= 0.6 is 0 Å². The van der Waals surface area contributed by atoms with Crippen LogP contribution in [0.25, 0.3) is 0 Å². The molecule has 0 fully saturated rings. The third kappa shape index (κ3) is 9.42. The van der Waals surface area contributed by atoms with Crippen LogP contribution in [0.4, 0.5) is 0 Å². The fraction of sp³-hybridized carbons (Fsp3) is 0.565. The van der Waals surface area contributed by atoms with E-state index in [9.17, 15) is 10.1 Å². The van der Waals surface area contributed by atoms with Gasteiger partial charge in [0.05, 0.1) is 0 Å². The molecule has 142 valence electrons. The lowest BCUT2D eigenvalue weighted by atomic mass is 10.0. The number of carbonyl (C=O) groups is 1. The number of rotatable bonds is 13. The molecular formula is C23H33NO2. The number of esters is 1. The predicted octanol–water partition coefficient (Wildman–Crippen LogP) is 6.74. The van der Waals surface area contributed by atoms with Gasteiger partial charge in [-0.15, -0.1) is 0 Å². The molecule has 0 unspecified atom stereocenters. The van der Waals surface area contributed by atoms with Gasteiger partial charge in [-0.05, 0) is 37.5 Å². The maximum Gasteiger partial charge on any atom is 0.354 e. The zero-order valence-electron chi connectivity index (χ0n) is 16.4. The van der Waals surface area contributed by atoms with Gasteiger partial charge in [-0.1, -0.05) is 82.9 Å². The quantitative estimate of drug-likeness (QED) is 0.129. The first-order valence-electron chi connectivity index (χ1n) is 10.1. The summed E-state index contributed by atoms with van der Waals surface area (Å²) in [5, 5.41) is 9.30. The molecule has 3 nitrogen and oxygen atoms in total. The van der Waals surface area contributed by atoms with Gasteiger partial charge in [-0.25, -0.2) is 4.79 Å². The molecule has 26 heavy (non-hydrogen) atoms. The van der Waals surface area contributed by atoms with Crippen LogP contribution in [-0.2, 0) is 4.79 Å². The van der Waals surface area contributed by atoms with Crippen molar-refractivity contribution in [3.8, 4) is 11.8 Å². The van der Waals surface area contributed by atoms with Gasteiger partial charge in [0, 0.05) is 0 Å². The molecule has 0 spiro atoms. The Hall–Kier alpha value is -2.08. The number of nitriles is 1. The van der Waals surface area contributed by atoms with E-state index in [4.69, 9.17) is 4.74 Å². The Bertz CT molecular complexity index is 584. The van der Waals surface area contributed by atoms with Crippen LogP contribution in [-0.4, -0.2) is 5.97 Å². The lowest BCUT2D eigenvalue weighted by Crippen LogP contribution is -2.12. The van der Waals surface area contributed by atoms with Crippen molar-refractivity contribution < 1.29 is 9.53 Å². The Labute approximate surface area is 159 Å². The van der Waals surface area contributed by atoms with E-state index < -0.39 is 5.97 Å². The normalized spacial score (nSPS) is 11.6. The van der Waals surface area contributed by atoms with Gasteiger partial charge >= 0.3 is 5.97 Å². The molecule has 0 heterocycles. The van der Waals surface area contributed by atoms with Gasteiger partial charge in [0.25, 0.3) is 0 Å². The molecule has 0 aliphatic carbocycles. The monoisotopic (exact) mass is 355 g/mol. The van der Waals surface area contributed by atoms with Crippen molar-refractivity contribution in [2.45, 2.75) is 84.5 Å². The number of hydrogen-bond donors (Lipinski definition) is 0. The summed E-state index contributed by atoms with van der Waals surface area (Å²) < 4.78 is 5.27. The molecule has 3 heteroatoms. The van der Waals surface area contributed by atoms with Gasteiger partial charge in [-0.2, -0.15) is 5.26 Å². The molecule has 0 bridgehead atoms. The number of carbonyl (C=O) groups excluding carboxylic acids is 1. The van der Waals surface area contributed by atoms with Crippen LogP contribution in [0.15, 0.2) is 41.5 Å². The average molecular weight is 356 g/mol. The van der Waals surface area contributed by atoms with E-state index in [0.717, 1.165) is 24.8 Å². The van der Waals surface area contributed by atoms with Gasteiger partial charge < -0.3 is 4.74 Å². The molecular weight excluding hydrogens is 322 g/mol. The maximum atomic E-state index is 12.2. The van der Waals surface area contributed by atoms with E-state index >= 15 is 0 Å². The Balaban J connectivity index is 2.25. The molecule has 1 aromatic rings. The van der Waals surface area contributed by atoms with Crippen LogP contribution in [0.1, 0.15) is 84.5 Å². The van der Waals surface area contributed by atoms with Crippen molar-refractivity contribution in [3.05, 3.63) is 41.5 Å². The van der Waals surface area contributed by atoms with Crippen LogP contribution in [0.5, 0.6) is 5.75 Å². The molecule has 0 radical (unpaired) electrons. The van der Waals surface area contributed by atoms with E-state index in [1.54, 1.807) is 24.3 Å². The highest BCUT2D eigenvalue weighted by Crippen LogP contribution is 2.18. The summed E-state index contributed by atoms with van der Waals surface area (Å²) in [7, 11) is 0. The molecule has 1 rings (SSSR count). The van der Waals surface area contributed by atoms with Crippen molar-refractivity contribution in [3.63, 3.8) is 0 Å². The molecule has 0 atom stereocenters. The Morgan fingerprint density at radius 3 is 2.00 bits per heavy atom. The summed E-state index contributed by atoms with van der Waals surface area (Å²) in [5.74, 6) is -0.0831. The van der Waals surface area contributed by atoms with Crippen molar-refractivity contribution in [1.82, 2.24) is 0 Å². The maximum absolute atomic E-state index is 12.2. The lowest BCUT2D eigenvalue weighted by molar-refractivity contribution is -0.129. The van der Waals surface area contributed by atoms with Gasteiger partial charge in [0.15, 0.2) is 0 Å². The first-order valence-corrected chi connectivity index (χ1v) is 10.1.